The number of aromatic nitrogens is 2. The standard InChI is InChI=1S/C13H25N5O/c1-6-7-9-10(14)11(18(5)17-9)16-8-13(2,3)12(19)15-4/h16H,6-8,14H2,1-5H3,(H,15,19). The fourth-order valence-corrected chi connectivity index (χ4v) is 1.95. The normalized spacial score (nSPS) is 11.4. The van der Waals surface area contributed by atoms with Crippen LogP contribution in [0.1, 0.15) is 32.9 Å². The Labute approximate surface area is 114 Å². The summed E-state index contributed by atoms with van der Waals surface area (Å²) in [6, 6.07) is 0. The van der Waals surface area contributed by atoms with Crippen molar-refractivity contribution in [1.29, 1.82) is 0 Å². The number of nitrogen functional groups attached to an aromatic ring is 1. The van der Waals surface area contributed by atoms with E-state index in [2.05, 4.69) is 22.7 Å². The molecule has 1 rings (SSSR count). The van der Waals surface area contributed by atoms with Crippen LogP contribution in [0.2, 0.25) is 0 Å². The average Bonchev–Trinajstić information content (AvgIpc) is 2.62. The lowest BCUT2D eigenvalue weighted by Crippen LogP contribution is -2.39. The van der Waals surface area contributed by atoms with E-state index >= 15 is 0 Å². The summed E-state index contributed by atoms with van der Waals surface area (Å²) in [5, 5.41) is 10.3. The van der Waals surface area contributed by atoms with Gasteiger partial charge in [-0.05, 0) is 20.3 Å². The third kappa shape index (κ3) is 3.39. The molecule has 0 bridgehead atoms. The molecule has 1 aromatic heterocycles. The molecule has 0 atom stereocenters. The molecule has 0 fully saturated rings. The van der Waals surface area contributed by atoms with Crippen molar-refractivity contribution in [1.82, 2.24) is 15.1 Å². The quantitative estimate of drug-likeness (QED) is 0.721. The van der Waals surface area contributed by atoms with Crippen molar-refractivity contribution in [3.63, 3.8) is 0 Å². The van der Waals surface area contributed by atoms with E-state index in [0.717, 1.165) is 24.4 Å². The topological polar surface area (TPSA) is 85.0 Å². The molecule has 0 aliphatic carbocycles. The van der Waals surface area contributed by atoms with E-state index in [4.69, 9.17) is 5.73 Å². The maximum Gasteiger partial charge on any atom is 0.227 e. The Morgan fingerprint density at radius 1 is 1.47 bits per heavy atom. The minimum Gasteiger partial charge on any atom is -0.394 e. The second kappa shape index (κ2) is 5.95. The lowest BCUT2D eigenvalue weighted by Gasteiger charge is -2.23. The van der Waals surface area contributed by atoms with Crippen LogP contribution in [-0.4, -0.2) is 29.3 Å². The first-order valence-corrected chi connectivity index (χ1v) is 6.60. The highest BCUT2D eigenvalue weighted by molar-refractivity contribution is 5.82. The van der Waals surface area contributed by atoms with Gasteiger partial charge in [0.05, 0.1) is 16.8 Å². The third-order valence-corrected chi connectivity index (χ3v) is 3.19. The van der Waals surface area contributed by atoms with Gasteiger partial charge in [0.1, 0.15) is 5.82 Å². The van der Waals surface area contributed by atoms with Gasteiger partial charge in [-0.1, -0.05) is 13.3 Å². The lowest BCUT2D eigenvalue weighted by molar-refractivity contribution is -0.128. The summed E-state index contributed by atoms with van der Waals surface area (Å²) < 4.78 is 1.74. The molecule has 0 unspecified atom stereocenters. The zero-order valence-electron chi connectivity index (χ0n) is 12.5. The van der Waals surface area contributed by atoms with Crippen molar-refractivity contribution >= 4 is 17.4 Å². The van der Waals surface area contributed by atoms with Crippen molar-refractivity contribution in [2.75, 3.05) is 24.6 Å². The van der Waals surface area contributed by atoms with Gasteiger partial charge in [-0.15, -0.1) is 0 Å². The van der Waals surface area contributed by atoms with Crippen LogP contribution in [0.3, 0.4) is 0 Å². The monoisotopic (exact) mass is 267 g/mol. The van der Waals surface area contributed by atoms with Crippen LogP contribution in [0.25, 0.3) is 0 Å². The molecule has 108 valence electrons. The minimum atomic E-state index is -0.504. The van der Waals surface area contributed by atoms with Crippen molar-refractivity contribution in [2.24, 2.45) is 12.5 Å². The second-order valence-corrected chi connectivity index (χ2v) is 5.40. The van der Waals surface area contributed by atoms with E-state index in [0.29, 0.717) is 12.2 Å². The first-order valence-electron chi connectivity index (χ1n) is 6.60. The number of rotatable bonds is 6. The second-order valence-electron chi connectivity index (χ2n) is 5.40. The number of aryl methyl sites for hydroxylation is 2. The first-order chi connectivity index (χ1) is 8.83. The molecule has 4 N–H and O–H groups in total. The lowest BCUT2D eigenvalue weighted by atomic mass is 9.92. The van der Waals surface area contributed by atoms with Crippen LogP contribution in [-0.2, 0) is 18.3 Å². The molecule has 0 radical (unpaired) electrons. The van der Waals surface area contributed by atoms with Gasteiger partial charge in [0.2, 0.25) is 5.91 Å². The summed E-state index contributed by atoms with van der Waals surface area (Å²) in [5.41, 5.74) is 7.16. The fourth-order valence-electron chi connectivity index (χ4n) is 1.95. The molecular formula is C13H25N5O. The molecular weight excluding hydrogens is 242 g/mol. The molecule has 6 heteroatoms. The van der Waals surface area contributed by atoms with Crippen LogP contribution < -0.4 is 16.4 Å². The van der Waals surface area contributed by atoms with E-state index in [9.17, 15) is 4.79 Å². The Balaban J connectivity index is 2.81. The fraction of sp³-hybridized carbons (Fsp3) is 0.692. The van der Waals surface area contributed by atoms with E-state index in [-0.39, 0.29) is 5.91 Å². The number of carbonyl (C=O) groups is 1. The Kier molecular flexibility index (Phi) is 4.80. The molecule has 19 heavy (non-hydrogen) atoms. The molecule has 0 saturated carbocycles. The van der Waals surface area contributed by atoms with E-state index in [1.807, 2.05) is 20.9 Å². The number of hydrogen-bond donors (Lipinski definition) is 3. The van der Waals surface area contributed by atoms with Crippen LogP contribution in [0.4, 0.5) is 11.5 Å². The average molecular weight is 267 g/mol. The van der Waals surface area contributed by atoms with Gasteiger partial charge < -0.3 is 16.4 Å². The predicted octanol–water partition coefficient (Wildman–Crippen LogP) is 1.14. The van der Waals surface area contributed by atoms with E-state index in [1.165, 1.54) is 0 Å². The zero-order valence-corrected chi connectivity index (χ0v) is 12.5. The Morgan fingerprint density at radius 2 is 2.11 bits per heavy atom. The Morgan fingerprint density at radius 3 is 2.63 bits per heavy atom. The molecule has 1 aromatic rings. The number of nitrogens with one attached hydrogen (secondary N) is 2. The highest BCUT2D eigenvalue weighted by Gasteiger charge is 2.27. The Hall–Kier alpha value is -1.72. The molecule has 0 aromatic carbocycles. The van der Waals surface area contributed by atoms with Crippen molar-refractivity contribution in [3.05, 3.63) is 5.69 Å². The summed E-state index contributed by atoms with van der Waals surface area (Å²) >= 11 is 0. The zero-order chi connectivity index (χ0) is 14.6. The molecule has 1 heterocycles. The van der Waals surface area contributed by atoms with Crippen molar-refractivity contribution < 1.29 is 4.79 Å². The predicted molar refractivity (Wildman–Crippen MR) is 78.0 cm³/mol. The number of nitrogens with zero attached hydrogens (tertiary/aromatic N) is 2. The summed E-state index contributed by atoms with van der Waals surface area (Å²) in [7, 11) is 3.49. The highest BCUT2D eigenvalue weighted by Crippen LogP contribution is 2.25. The van der Waals surface area contributed by atoms with Gasteiger partial charge in [0.25, 0.3) is 0 Å². The molecule has 6 nitrogen and oxygen atoms in total. The van der Waals surface area contributed by atoms with Gasteiger partial charge in [0, 0.05) is 20.6 Å². The van der Waals surface area contributed by atoms with Crippen LogP contribution in [0.15, 0.2) is 0 Å². The highest BCUT2D eigenvalue weighted by atomic mass is 16.2. The van der Waals surface area contributed by atoms with Crippen molar-refractivity contribution in [3.8, 4) is 0 Å². The molecule has 0 aliphatic rings. The molecule has 0 aliphatic heterocycles. The maximum absolute atomic E-state index is 11.7. The van der Waals surface area contributed by atoms with Crippen LogP contribution in [0.5, 0.6) is 0 Å². The summed E-state index contributed by atoms with van der Waals surface area (Å²) in [4.78, 5) is 11.7. The Bertz CT molecular complexity index is 450. The van der Waals surface area contributed by atoms with Gasteiger partial charge in [-0.3, -0.25) is 9.48 Å². The SMILES string of the molecule is CCCc1nn(C)c(NCC(C)(C)C(=O)NC)c1N. The summed E-state index contributed by atoms with van der Waals surface area (Å²) in [6.45, 7) is 6.37. The maximum atomic E-state index is 11.7. The number of hydrogen-bond acceptors (Lipinski definition) is 4. The molecule has 1 amide bonds. The molecule has 0 spiro atoms. The smallest absolute Gasteiger partial charge is 0.227 e. The van der Waals surface area contributed by atoms with Gasteiger partial charge >= 0.3 is 0 Å². The largest absolute Gasteiger partial charge is 0.394 e. The number of carbonyl (C=O) groups excluding carboxylic acids is 1. The van der Waals surface area contributed by atoms with E-state index < -0.39 is 5.41 Å². The number of nitrogens with two attached hydrogens (primary N) is 1. The van der Waals surface area contributed by atoms with Gasteiger partial charge in [-0.25, -0.2) is 0 Å². The van der Waals surface area contributed by atoms with Gasteiger partial charge in [0.15, 0.2) is 0 Å². The molecule has 0 saturated heterocycles. The van der Waals surface area contributed by atoms with Crippen LogP contribution in [0, 0.1) is 5.41 Å². The summed E-state index contributed by atoms with van der Waals surface area (Å²) in [5.74, 6) is 0.773. The summed E-state index contributed by atoms with van der Waals surface area (Å²) in [6.07, 6.45) is 1.87. The first kappa shape index (κ1) is 15.3. The minimum absolute atomic E-state index is 0.00507. The van der Waals surface area contributed by atoms with Crippen molar-refractivity contribution in [2.45, 2.75) is 33.6 Å². The number of anilines is 2. The van der Waals surface area contributed by atoms with Crippen LogP contribution >= 0.6 is 0 Å². The third-order valence-electron chi connectivity index (χ3n) is 3.19. The van der Waals surface area contributed by atoms with E-state index in [1.54, 1.807) is 11.7 Å². The van der Waals surface area contributed by atoms with Gasteiger partial charge in [-0.2, -0.15) is 5.10 Å². The number of amides is 1.